The number of hydrogen-bond acceptors (Lipinski definition) is 3. The van der Waals surface area contributed by atoms with E-state index < -0.39 is 0 Å². The topological polar surface area (TPSA) is 77.0 Å². The van der Waals surface area contributed by atoms with E-state index in [0.29, 0.717) is 17.7 Å². The summed E-state index contributed by atoms with van der Waals surface area (Å²) < 4.78 is 0. The fraction of sp³-hybridized carbons (Fsp3) is 0.0952. The number of benzene rings is 2. The number of amides is 1. The number of nitrogens with one attached hydrogen (secondary N) is 1. The number of fused-ring (bicyclic) bond motifs is 2. The zero-order valence-electron chi connectivity index (χ0n) is 14.0. The zero-order valence-corrected chi connectivity index (χ0v) is 14.0. The Labute approximate surface area is 149 Å². The molecule has 4 rings (SSSR count). The second-order valence-corrected chi connectivity index (χ2v) is 6.33. The molecule has 126 valence electrons. The minimum atomic E-state index is -0.134. The molecule has 2 heterocycles. The molecule has 1 aromatic heterocycles. The molecule has 1 N–H and O–H groups in total. The average molecular weight is 341 g/mol. The molecule has 3 aromatic rings. The summed E-state index contributed by atoms with van der Waals surface area (Å²) in [6, 6.07) is 16.8. The molecule has 5 heteroatoms. The monoisotopic (exact) mass is 341 g/mol. The molecule has 1 amide bonds. The van der Waals surface area contributed by atoms with Crippen molar-refractivity contribution in [3.05, 3.63) is 82.2 Å². The van der Waals surface area contributed by atoms with Crippen molar-refractivity contribution in [2.24, 2.45) is 0 Å². The maximum Gasteiger partial charge on any atom is 0.254 e. The van der Waals surface area contributed by atoms with Crippen LogP contribution < -0.4 is 5.56 Å². The van der Waals surface area contributed by atoms with Crippen LogP contribution in [0.2, 0.25) is 0 Å². The Bertz CT molecular complexity index is 1170. The third-order valence-corrected chi connectivity index (χ3v) is 4.62. The molecule has 0 atom stereocenters. The minimum Gasteiger partial charge on any atom is -0.329 e. The largest absolute Gasteiger partial charge is 0.329 e. The fourth-order valence-electron chi connectivity index (χ4n) is 3.38. The number of H-pyrrole nitrogens is 1. The summed E-state index contributed by atoms with van der Waals surface area (Å²) >= 11 is 0. The molecule has 0 saturated carbocycles. The molecule has 0 aliphatic carbocycles. The SMILES string of the molecule is C=C(C#N)CN1Cc2c(cccc2-c2ccc3[nH]c(=O)ccc3c2)C1=O. The summed E-state index contributed by atoms with van der Waals surface area (Å²) in [5.41, 5.74) is 4.58. The van der Waals surface area contributed by atoms with Crippen molar-refractivity contribution in [2.75, 3.05) is 6.54 Å². The predicted molar refractivity (Wildman–Crippen MR) is 99.5 cm³/mol. The standard InChI is InChI=1S/C21H15N3O2/c1-13(10-22)11-24-12-18-16(3-2-4-17(18)21(24)26)14-5-7-19-15(9-14)6-8-20(25)23-19/h2-9H,1,11-12H2,(H,23,25). The van der Waals surface area contributed by atoms with Gasteiger partial charge in [-0.25, -0.2) is 0 Å². The van der Waals surface area contributed by atoms with Crippen molar-refractivity contribution in [3.63, 3.8) is 0 Å². The van der Waals surface area contributed by atoms with E-state index in [9.17, 15) is 9.59 Å². The normalized spacial score (nSPS) is 12.9. The van der Waals surface area contributed by atoms with Crippen molar-refractivity contribution in [1.82, 2.24) is 9.88 Å². The van der Waals surface area contributed by atoms with Gasteiger partial charge in [-0.1, -0.05) is 24.8 Å². The van der Waals surface area contributed by atoms with Gasteiger partial charge in [0.05, 0.1) is 12.6 Å². The Morgan fingerprint density at radius 2 is 1.96 bits per heavy atom. The van der Waals surface area contributed by atoms with E-state index in [1.54, 1.807) is 11.0 Å². The molecule has 1 aliphatic heterocycles. The van der Waals surface area contributed by atoms with Crippen molar-refractivity contribution in [3.8, 4) is 17.2 Å². The molecule has 5 nitrogen and oxygen atoms in total. The van der Waals surface area contributed by atoms with Gasteiger partial charge < -0.3 is 9.88 Å². The van der Waals surface area contributed by atoms with Gasteiger partial charge in [0.2, 0.25) is 5.56 Å². The first-order chi connectivity index (χ1) is 12.6. The molecule has 1 aliphatic rings. The van der Waals surface area contributed by atoms with E-state index >= 15 is 0 Å². The van der Waals surface area contributed by atoms with Gasteiger partial charge in [-0.15, -0.1) is 0 Å². The van der Waals surface area contributed by atoms with Crippen LogP contribution in [0.3, 0.4) is 0 Å². The Morgan fingerprint density at radius 1 is 1.15 bits per heavy atom. The third-order valence-electron chi connectivity index (χ3n) is 4.62. The second kappa shape index (κ2) is 6.01. The van der Waals surface area contributed by atoms with E-state index in [2.05, 4.69) is 11.6 Å². The van der Waals surface area contributed by atoms with Crippen LogP contribution in [0, 0.1) is 11.3 Å². The van der Waals surface area contributed by atoms with Gasteiger partial charge in [-0.05, 0) is 46.3 Å². The van der Waals surface area contributed by atoms with E-state index in [0.717, 1.165) is 27.6 Å². The van der Waals surface area contributed by atoms with Crippen molar-refractivity contribution in [1.29, 1.82) is 5.26 Å². The Balaban J connectivity index is 1.78. The smallest absolute Gasteiger partial charge is 0.254 e. The van der Waals surface area contributed by atoms with Gasteiger partial charge in [-0.2, -0.15) is 5.26 Å². The van der Waals surface area contributed by atoms with Crippen LogP contribution in [0.1, 0.15) is 15.9 Å². The quantitative estimate of drug-likeness (QED) is 0.743. The molecular formula is C21H15N3O2. The first kappa shape index (κ1) is 15.9. The molecule has 0 unspecified atom stereocenters. The molecular weight excluding hydrogens is 326 g/mol. The molecule has 0 fully saturated rings. The third kappa shape index (κ3) is 2.58. The Kier molecular flexibility index (Phi) is 3.67. The van der Waals surface area contributed by atoms with Gasteiger partial charge in [0, 0.05) is 29.3 Å². The maximum absolute atomic E-state index is 12.6. The lowest BCUT2D eigenvalue weighted by atomic mass is 9.96. The maximum atomic E-state index is 12.6. The summed E-state index contributed by atoms with van der Waals surface area (Å²) in [7, 11) is 0. The lowest BCUT2D eigenvalue weighted by Gasteiger charge is -2.14. The highest BCUT2D eigenvalue weighted by molar-refractivity contribution is 6.01. The fourth-order valence-corrected chi connectivity index (χ4v) is 3.38. The molecule has 0 radical (unpaired) electrons. The van der Waals surface area contributed by atoms with Crippen molar-refractivity contribution in [2.45, 2.75) is 6.54 Å². The highest BCUT2D eigenvalue weighted by Crippen LogP contribution is 2.33. The number of nitrogens with zero attached hydrogens (tertiary/aromatic N) is 2. The van der Waals surface area contributed by atoms with E-state index in [-0.39, 0.29) is 18.0 Å². The van der Waals surface area contributed by atoms with E-state index in [1.807, 2.05) is 42.5 Å². The molecule has 2 aromatic carbocycles. The van der Waals surface area contributed by atoms with Gasteiger partial charge in [0.15, 0.2) is 0 Å². The lowest BCUT2D eigenvalue weighted by Crippen LogP contribution is -2.25. The summed E-state index contributed by atoms with van der Waals surface area (Å²) in [5, 5.41) is 9.87. The van der Waals surface area contributed by atoms with Crippen LogP contribution in [-0.2, 0) is 6.54 Å². The molecule has 0 saturated heterocycles. The summed E-state index contributed by atoms with van der Waals surface area (Å²) in [6.45, 7) is 4.36. The molecule has 26 heavy (non-hydrogen) atoms. The van der Waals surface area contributed by atoms with Crippen molar-refractivity contribution < 1.29 is 4.79 Å². The molecule has 0 spiro atoms. The van der Waals surface area contributed by atoms with Crippen LogP contribution in [0.4, 0.5) is 0 Å². The average Bonchev–Trinajstić information content (AvgIpc) is 2.97. The number of pyridine rings is 1. The van der Waals surface area contributed by atoms with Crippen LogP contribution in [-0.4, -0.2) is 22.3 Å². The Morgan fingerprint density at radius 3 is 2.77 bits per heavy atom. The highest BCUT2D eigenvalue weighted by Gasteiger charge is 2.29. The van der Waals surface area contributed by atoms with Crippen molar-refractivity contribution >= 4 is 16.8 Å². The number of carbonyl (C=O) groups excluding carboxylic acids is 1. The van der Waals surface area contributed by atoms with Gasteiger partial charge in [0.25, 0.3) is 5.91 Å². The van der Waals surface area contributed by atoms with Crippen LogP contribution >= 0.6 is 0 Å². The summed E-state index contributed by atoms with van der Waals surface area (Å²) in [4.78, 5) is 28.5. The number of aromatic amines is 1. The summed E-state index contributed by atoms with van der Waals surface area (Å²) in [5.74, 6) is -0.0802. The minimum absolute atomic E-state index is 0.0802. The lowest BCUT2D eigenvalue weighted by molar-refractivity contribution is 0.0794. The van der Waals surface area contributed by atoms with Crippen LogP contribution in [0.15, 0.2) is 65.5 Å². The summed E-state index contributed by atoms with van der Waals surface area (Å²) in [6.07, 6.45) is 0. The number of nitriles is 1. The first-order valence-electron chi connectivity index (χ1n) is 8.19. The predicted octanol–water partition coefficient (Wildman–Crippen LogP) is 3.23. The number of carbonyl (C=O) groups is 1. The van der Waals surface area contributed by atoms with Gasteiger partial charge in [-0.3, -0.25) is 9.59 Å². The van der Waals surface area contributed by atoms with Crippen LogP contribution in [0.5, 0.6) is 0 Å². The molecule has 0 bridgehead atoms. The second-order valence-electron chi connectivity index (χ2n) is 6.33. The van der Waals surface area contributed by atoms with Crippen LogP contribution in [0.25, 0.3) is 22.0 Å². The Hall–Kier alpha value is -3.65. The zero-order chi connectivity index (χ0) is 18.3. The van der Waals surface area contributed by atoms with E-state index in [1.165, 1.54) is 6.07 Å². The van der Waals surface area contributed by atoms with E-state index in [4.69, 9.17) is 5.26 Å². The highest BCUT2D eigenvalue weighted by atomic mass is 16.2. The number of hydrogen-bond donors (Lipinski definition) is 1. The number of rotatable bonds is 3. The number of aromatic nitrogens is 1. The van der Waals surface area contributed by atoms with Gasteiger partial charge >= 0.3 is 0 Å². The first-order valence-corrected chi connectivity index (χ1v) is 8.19. The van der Waals surface area contributed by atoms with Gasteiger partial charge in [0.1, 0.15) is 0 Å².